The molecule has 1 nitrogen and oxygen atoms in total. The minimum Gasteiger partial charge on any atom is -0.102 e. The van der Waals surface area contributed by atoms with Gasteiger partial charge in [0.25, 0.3) is 0 Å². The van der Waals surface area contributed by atoms with Gasteiger partial charge in [-0.05, 0) is 78.0 Å². The summed E-state index contributed by atoms with van der Waals surface area (Å²) in [5.74, 6) is 0. The first kappa shape index (κ1) is 37.6. The average Bonchev–Trinajstić information content (AvgIpc) is 3.34. The van der Waals surface area contributed by atoms with Crippen molar-refractivity contribution < 1.29 is 4.75 Å². The Balaban J connectivity index is 2.28. The number of aromatic amines is 1. The van der Waals surface area contributed by atoms with Crippen LogP contribution in [0, 0.1) is 0 Å². The molecule has 0 bridgehead atoms. The Morgan fingerprint density at radius 3 is 1.17 bits per heavy atom. The molecule has 0 spiro atoms. The average molecular weight is 670 g/mol. The van der Waals surface area contributed by atoms with Crippen LogP contribution in [0.3, 0.4) is 0 Å². The van der Waals surface area contributed by atoms with E-state index in [-0.39, 0.29) is 32.5 Å². The molecular weight excluding hydrogens is 604 g/mol. The number of rotatable bonds is 3. The van der Waals surface area contributed by atoms with E-state index in [0.717, 1.165) is 0 Å². The van der Waals surface area contributed by atoms with Gasteiger partial charge >= 0.3 is 13.1 Å². The Morgan fingerprint density at radius 1 is 0.468 bits per heavy atom. The van der Waals surface area contributed by atoms with E-state index in [1.165, 1.54) is 49.7 Å². The molecule has 0 aliphatic carbocycles. The van der Waals surface area contributed by atoms with Crippen LogP contribution in [-0.2, 0) is 32.5 Å². The molecule has 47 heavy (non-hydrogen) atoms. The van der Waals surface area contributed by atoms with E-state index in [9.17, 15) is 0 Å². The molecular formula is C44H65NP2+2. The summed E-state index contributed by atoms with van der Waals surface area (Å²) >= 11 is 0. The van der Waals surface area contributed by atoms with E-state index >= 15 is 0 Å². The second-order valence-corrected chi connectivity index (χ2v) is 24.0. The van der Waals surface area contributed by atoms with Crippen molar-refractivity contribution in [1.82, 2.24) is 0 Å². The van der Waals surface area contributed by atoms with Crippen molar-refractivity contribution in [2.45, 2.75) is 157 Å². The van der Waals surface area contributed by atoms with Crippen molar-refractivity contribution in [3.63, 3.8) is 0 Å². The van der Waals surface area contributed by atoms with Crippen molar-refractivity contribution in [1.29, 1.82) is 0 Å². The van der Waals surface area contributed by atoms with Crippen molar-refractivity contribution in [2.24, 2.45) is 0 Å². The number of aromatic nitrogens is 1. The molecule has 3 aromatic carbocycles. The second-order valence-electron chi connectivity index (χ2n) is 20.0. The highest BCUT2D eigenvalue weighted by atomic mass is 31.1. The third-order valence-electron chi connectivity index (χ3n) is 9.41. The fraction of sp³-hybridized carbons (Fsp3) is 0.545. The van der Waals surface area contributed by atoms with Crippen LogP contribution in [0.15, 0.2) is 60.1 Å². The minimum atomic E-state index is -0.794. The molecule has 0 radical (unpaired) electrons. The summed E-state index contributed by atoms with van der Waals surface area (Å²) in [6, 6.07) is 21.4. The number of H-pyrrole nitrogens is 1. The summed E-state index contributed by atoms with van der Waals surface area (Å²) in [5.41, 5.74) is 14.5. The van der Waals surface area contributed by atoms with Gasteiger partial charge in [-0.1, -0.05) is 167 Å². The van der Waals surface area contributed by atoms with Crippen molar-refractivity contribution in [3.05, 3.63) is 93.5 Å². The molecule has 0 aliphatic rings. The second kappa shape index (κ2) is 12.3. The summed E-state index contributed by atoms with van der Waals surface area (Å²) < 4.78 is 4.31. The number of hydrogen-bond donors (Lipinski definition) is 0. The molecule has 2 atom stereocenters. The molecule has 0 fully saturated rings. The lowest BCUT2D eigenvalue weighted by Crippen LogP contribution is -2.22. The molecule has 254 valence electrons. The molecule has 4 aromatic rings. The monoisotopic (exact) mass is 669 g/mol. The lowest BCUT2D eigenvalue weighted by molar-refractivity contribution is -0.272. The van der Waals surface area contributed by atoms with Crippen molar-refractivity contribution in [2.75, 3.05) is 0 Å². The Labute approximate surface area is 291 Å². The van der Waals surface area contributed by atoms with Crippen molar-refractivity contribution in [3.8, 4) is 21.6 Å². The highest BCUT2D eigenvalue weighted by Crippen LogP contribution is 2.61. The predicted molar refractivity (Wildman–Crippen MR) is 213 cm³/mol. The van der Waals surface area contributed by atoms with Crippen LogP contribution < -0.4 is 4.75 Å². The van der Waals surface area contributed by atoms with Gasteiger partial charge in [-0.25, -0.2) is 0 Å². The summed E-state index contributed by atoms with van der Waals surface area (Å²) in [6.07, 6.45) is 0. The van der Waals surface area contributed by atoms with Gasteiger partial charge in [-0.3, -0.25) is 0 Å². The summed E-state index contributed by atoms with van der Waals surface area (Å²) in [5, 5.41) is 3.10. The predicted octanol–water partition coefficient (Wildman–Crippen LogP) is 14.2. The SMILES string of the molecule is CC(C)(C)c1cc(C(C)(C)C)c(-p2c[p+](-c3c(C(C)(C)C)cc(C(C)(C)C)cc3C(C)(C)C)c(-c3ccccc3)[nH+]2)c(C(C)(C)C)c1. The minimum absolute atomic E-state index is 0.00140. The zero-order chi connectivity index (χ0) is 35.7. The van der Waals surface area contributed by atoms with Gasteiger partial charge in [0, 0.05) is 0 Å². The number of benzene rings is 3. The van der Waals surface area contributed by atoms with Gasteiger partial charge in [-0.2, -0.15) is 0 Å². The maximum Gasteiger partial charge on any atom is 0.329 e. The zero-order valence-corrected chi connectivity index (χ0v) is 35.0. The van der Waals surface area contributed by atoms with Gasteiger partial charge in [0.15, 0.2) is 0 Å². The molecule has 0 saturated heterocycles. The van der Waals surface area contributed by atoms with Gasteiger partial charge in [0.2, 0.25) is 5.53 Å². The normalized spacial score (nSPS) is 14.5. The van der Waals surface area contributed by atoms with Crippen LogP contribution in [0.4, 0.5) is 0 Å². The quantitative estimate of drug-likeness (QED) is 0.206. The highest BCUT2D eigenvalue weighted by Gasteiger charge is 2.42. The van der Waals surface area contributed by atoms with Gasteiger partial charge < -0.3 is 0 Å². The summed E-state index contributed by atoms with van der Waals surface area (Å²) in [7, 11) is -1.57. The third-order valence-corrected chi connectivity index (χ3v) is 14.7. The molecule has 2 unspecified atom stereocenters. The van der Waals surface area contributed by atoms with Crippen LogP contribution in [0.2, 0.25) is 0 Å². The van der Waals surface area contributed by atoms with E-state index in [0.29, 0.717) is 0 Å². The van der Waals surface area contributed by atoms with Crippen LogP contribution >= 0.6 is 15.2 Å². The van der Waals surface area contributed by atoms with Gasteiger partial charge in [0.1, 0.15) is 12.8 Å². The first-order valence-corrected chi connectivity index (χ1v) is 20.5. The van der Waals surface area contributed by atoms with Crippen LogP contribution in [0.1, 0.15) is 158 Å². The fourth-order valence-corrected chi connectivity index (χ4v) is 13.4. The topological polar surface area (TPSA) is 14.1 Å². The lowest BCUT2D eigenvalue weighted by Gasteiger charge is -2.31. The highest BCUT2D eigenvalue weighted by molar-refractivity contribution is 7.69. The molecule has 1 N–H and O–H groups in total. The molecule has 1 aromatic heterocycles. The first-order valence-electron chi connectivity index (χ1n) is 17.6. The summed E-state index contributed by atoms with van der Waals surface area (Å²) in [4.78, 5) is 0. The van der Waals surface area contributed by atoms with E-state index in [1.54, 1.807) is 5.30 Å². The number of hydrogen-bond acceptors (Lipinski definition) is 0. The molecule has 4 rings (SSSR count). The Bertz CT molecular complexity index is 1670. The lowest BCUT2D eigenvalue weighted by atomic mass is 9.75. The summed E-state index contributed by atoms with van der Waals surface area (Å²) in [6.45, 7) is 43.0. The van der Waals surface area contributed by atoms with E-state index in [2.05, 4.69) is 190 Å². The maximum absolute atomic E-state index is 4.31. The first-order chi connectivity index (χ1) is 21.1. The fourth-order valence-electron chi connectivity index (χ4n) is 6.39. The van der Waals surface area contributed by atoms with E-state index in [1.807, 2.05) is 0 Å². The van der Waals surface area contributed by atoms with Crippen molar-refractivity contribution >= 4 is 15.2 Å². The Morgan fingerprint density at radius 2 is 0.830 bits per heavy atom. The Kier molecular flexibility index (Phi) is 9.84. The smallest absolute Gasteiger partial charge is 0.102 e. The van der Waals surface area contributed by atoms with Gasteiger partial charge in [0.05, 0.1) is 10.9 Å². The third kappa shape index (κ3) is 8.00. The maximum atomic E-state index is 4.31. The molecule has 0 saturated carbocycles. The van der Waals surface area contributed by atoms with Gasteiger partial charge in [-0.15, -0.1) is 4.75 Å². The largest absolute Gasteiger partial charge is 0.329 e. The van der Waals surface area contributed by atoms with E-state index in [4.69, 9.17) is 0 Å². The van der Waals surface area contributed by atoms with Crippen LogP contribution in [-0.4, -0.2) is 0 Å². The molecule has 1 heterocycles. The zero-order valence-electron chi connectivity index (χ0n) is 33.2. The number of nitrogens with one attached hydrogen (secondary N) is 1. The molecule has 3 heteroatoms. The molecule has 0 amide bonds. The molecule has 0 aliphatic heterocycles. The Hall–Kier alpha value is -2.20. The van der Waals surface area contributed by atoms with Crippen LogP contribution in [0.25, 0.3) is 21.6 Å². The van der Waals surface area contributed by atoms with Crippen LogP contribution in [0.5, 0.6) is 0 Å². The standard InChI is InChI=1S/C44H64NP2/c1-39(2,3)30-24-32(41(7,8)9)36(33(25-30)42(10,11)12)46-28-47(45-38(46)29-22-20-19-21-23-29)37-34(43(13,14)15)26-31(40(4,5)6)27-35(37)44(16,17)18/h19-28H,1-18H3/q+1/p+1. The van der Waals surface area contributed by atoms with E-state index < -0.39 is 15.2 Å².